The standard InChI is InChI=1S/C21H23N3OS/c1-26-18-8-7-15-11-17(21(25)23-19(15)12-18)14-24-10-3-2-6-20(24)16-5-4-9-22-13-16/h4-5,7-9,11-13,20H,2-3,6,10,14H2,1H3,(H,23,25)/t20-/m0/s1. The lowest BCUT2D eigenvalue weighted by Crippen LogP contribution is -2.34. The van der Waals surface area contributed by atoms with Crippen LogP contribution in [0.4, 0.5) is 0 Å². The van der Waals surface area contributed by atoms with Gasteiger partial charge in [0.15, 0.2) is 0 Å². The highest BCUT2D eigenvalue weighted by Crippen LogP contribution is 2.31. The van der Waals surface area contributed by atoms with Gasteiger partial charge in [-0.15, -0.1) is 11.8 Å². The summed E-state index contributed by atoms with van der Waals surface area (Å²) < 4.78 is 0. The van der Waals surface area contributed by atoms with Crippen LogP contribution < -0.4 is 5.56 Å². The van der Waals surface area contributed by atoms with Gasteiger partial charge in [-0.1, -0.05) is 18.6 Å². The number of benzene rings is 1. The van der Waals surface area contributed by atoms with Gasteiger partial charge >= 0.3 is 0 Å². The van der Waals surface area contributed by atoms with E-state index in [2.05, 4.69) is 33.1 Å². The molecule has 0 saturated carbocycles. The second-order valence-electron chi connectivity index (χ2n) is 6.85. The first-order chi connectivity index (χ1) is 12.7. The van der Waals surface area contributed by atoms with E-state index in [-0.39, 0.29) is 5.56 Å². The number of rotatable bonds is 4. The molecule has 0 radical (unpaired) electrons. The Morgan fingerprint density at radius 2 is 2.19 bits per heavy atom. The molecule has 3 aromatic rings. The van der Waals surface area contributed by atoms with Gasteiger partial charge in [0.25, 0.3) is 5.56 Å². The zero-order valence-electron chi connectivity index (χ0n) is 14.9. The molecule has 0 unspecified atom stereocenters. The van der Waals surface area contributed by atoms with Gasteiger partial charge in [0.1, 0.15) is 0 Å². The van der Waals surface area contributed by atoms with Crippen LogP contribution in [-0.4, -0.2) is 27.7 Å². The number of H-pyrrole nitrogens is 1. The molecule has 0 aliphatic carbocycles. The molecule has 0 bridgehead atoms. The maximum Gasteiger partial charge on any atom is 0.252 e. The van der Waals surface area contributed by atoms with E-state index in [9.17, 15) is 4.79 Å². The van der Waals surface area contributed by atoms with Crippen LogP contribution in [0.5, 0.6) is 0 Å². The Morgan fingerprint density at radius 3 is 3.00 bits per heavy atom. The number of aromatic nitrogens is 2. The molecule has 1 aliphatic rings. The molecule has 0 spiro atoms. The minimum atomic E-state index is 0.0197. The van der Waals surface area contributed by atoms with Gasteiger partial charge in [-0.25, -0.2) is 0 Å². The monoisotopic (exact) mass is 365 g/mol. The number of nitrogens with one attached hydrogen (secondary N) is 1. The second kappa shape index (κ2) is 7.64. The highest BCUT2D eigenvalue weighted by atomic mass is 32.2. The summed E-state index contributed by atoms with van der Waals surface area (Å²) in [5.41, 5.74) is 3.01. The molecule has 1 aliphatic heterocycles. The van der Waals surface area contributed by atoms with Gasteiger partial charge in [-0.05, 0) is 60.9 Å². The Balaban J connectivity index is 1.64. The zero-order chi connectivity index (χ0) is 17.9. The summed E-state index contributed by atoms with van der Waals surface area (Å²) in [6.07, 6.45) is 9.34. The number of likely N-dealkylation sites (tertiary alicyclic amines) is 1. The summed E-state index contributed by atoms with van der Waals surface area (Å²) in [5.74, 6) is 0. The Labute approximate surface area is 157 Å². The molecule has 26 heavy (non-hydrogen) atoms. The lowest BCUT2D eigenvalue weighted by atomic mass is 9.96. The predicted octanol–water partition coefficient (Wildman–Crippen LogP) is 4.37. The molecule has 1 atom stereocenters. The first-order valence-corrected chi connectivity index (χ1v) is 10.3. The van der Waals surface area contributed by atoms with Crippen molar-refractivity contribution >= 4 is 22.7 Å². The molecule has 1 aromatic carbocycles. The van der Waals surface area contributed by atoms with Crippen molar-refractivity contribution in [3.63, 3.8) is 0 Å². The van der Waals surface area contributed by atoms with E-state index in [1.165, 1.54) is 18.4 Å². The fraction of sp³-hybridized carbons (Fsp3) is 0.333. The average molecular weight is 366 g/mol. The van der Waals surface area contributed by atoms with Crippen molar-refractivity contribution in [2.24, 2.45) is 0 Å². The fourth-order valence-electron chi connectivity index (χ4n) is 3.82. The fourth-order valence-corrected chi connectivity index (χ4v) is 4.26. The predicted molar refractivity (Wildman–Crippen MR) is 108 cm³/mol. The zero-order valence-corrected chi connectivity index (χ0v) is 15.8. The van der Waals surface area contributed by atoms with Gasteiger partial charge in [0, 0.05) is 41.0 Å². The van der Waals surface area contributed by atoms with Gasteiger partial charge in [0.2, 0.25) is 0 Å². The number of fused-ring (bicyclic) bond motifs is 1. The van der Waals surface area contributed by atoms with Crippen LogP contribution in [0.15, 0.2) is 58.5 Å². The van der Waals surface area contributed by atoms with Crippen molar-refractivity contribution < 1.29 is 0 Å². The summed E-state index contributed by atoms with van der Waals surface area (Å²) in [5, 5.41) is 1.09. The van der Waals surface area contributed by atoms with E-state index in [4.69, 9.17) is 0 Å². The van der Waals surface area contributed by atoms with E-state index in [0.717, 1.165) is 34.3 Å². The smallest absolute Gasteiger partial charge is 0.252 e. The number of thioether (sulfide) groups is 1. The van der Waals surface area contributed by atoms with Crippen LogP contribution in [0.25, 0.3) is 10.9 Å². The van der Waals surface area contributed by atoms with Crippen LogP contribution >= 0.6 is 11.8 Å². The highest BCUT2D eigenvalue weighted by Gasteiger charge is 2.24. The third-order valence-electron chi connectivity index (χ3n) is 5.19. The quantitative estimate of drug-likeness (QED) is 0.698. The number of nitrogens with zero attached hydrogens (tertiary/aromatic N) is 2. The molecule has 4 nitrogen and oxygen atoms in total. The number of aromatic amines is 1. The molecule has 5 heteroatoms. The molecular formula is C21H23N3OS. The molecule has 0 amide bonds. The number of piperidine rings is 1. The summed E-state index contributed by atoms with van der Waals surface area (Å²) >= 11 is 1.68. The Morgan fingerprint density at radius 1 is 1.27 bits per heavy atom. The van der Waals surface area contributed by atoms with Crippen molar-refractivity contribution in [2.45, 2.75) is 36.7 Å². The highest BCUT2D eigenvalue weighted by molar-refractivity contribution is 7.98. The van der Waals surface area contributed by atoms with Crippen LogP contribution in [0, 0.1) is 0 Å². The molecule has 1 saturated heterocycles. The molecule has 1 fully saturated rings. The first kappa shape index (κ1) is 17.3. The minimum absolute atomic E-state index is 0.0197. The summed E-state index contributed by atoms with van der Waals surface area (Å²) in [4.78, 5) is 23.6. The largest absolute Gasteiger partial charge is 0.322 e. The van der Waals surface area contributed by atoms with Gasteiger partial charge < -0.3 is 4.98 Å². The average Bonchev–Trinajstić information content (AvgIpc) is 2.69. The number of hydrogen-bond acceptors (Lipinski definition) is 4. The van der Waals surface area contributed by atoms with Crippen LogP contribution in [0.3, 0.4) is 0 Å². The second-order valence-corrected chi connectivity index (χ2v) is 7.72. The summed E-state index contributed by atoms with van der Waals surface area (Å²) in [6, 6.07) is 12.8. The number of pyridine rings is 2. The maximum atomic E-state index is 12.6. The molecule has 2 aromatic heterocycles. The van der Waals surface area contributed by atoms with E-state index in [1.54, 1.807) is 11.8 Å². The molecule has 4 rings (SSSR count). The Hall–Kier alpha value is -2.11. The van der Waals surface area contributed by atoms with Crippen LogP contribution in [-0.2, 0) is 6.54 Å². The van der Waals surface area contributed by atoms with E-state index < -0.39 is 0 Å². The van der Waals surface area contributed by atoms with Crippen molar-refractivity contribution in [3.05, 3.63) is 70.3 Å². The minimum Gasteiger partial charge on any atom is -0.322 e. The van der Waals surface area contributed by atoms with Crippen molar-refractivity contribution in [1.82, 2.24) is 14.9 Å². The first-order valence-electron chi connectivity index (χ1n) is 9.08. The lowest BCUT2D eigenvalue weighted by molar-refractivity contribution is 0.139. The van der Waals surface area contributed by atoms with Crippen molar-refractivity contribution in [2.75, 3.05) is 12.8 Å². The summed E-state index contributed by atoms with van der Waals surface area (Å²) in [7, 11) is 0. The van der Waals surface area contributed by atoms with Crippen LogP contribution in [0.1, 0.15) is 36.4 Å². The third-order valence-corrected chi connectivity index (χ3v) is 5.91. The molecular weight excluding hydrogens is 342 g/mol. The Bertz CT molecular complexity index is 954. The topological polar surface area (TPSA) is 49.0 Å². The normalized spacial score (nSPS) is 18.3. The van der Waals surface area contributed by atoms with E-state index in [0.29, 0.717) is 12.6 Å². The summed E-state index contributed by atoms with van der Waals surface area (Å²) in [6.45, 7) is 1.69. The van der Waals surface area contributed by atoms with Gasteiger partial charge in [-0.2, -0.15) is 0 Å². The number of hydrogen-bond donors (Lipinski definition) is 1. The molecule has 134 valence electrons. The third kappa shape index (κ3) is 3.55. The van der Waals surface area contributed by atoms with Crippen molar-refractivity contribution in [1.29, 1.82) is 0 Å². The van der Waals surface area contributed by atoms with Gasteiger partial charge in [-0.3, -0.25) is 14.7 Å². The lowest BCUT2D eigenvalue weighted by Gasteiger charge is -2.35. The Kier molecular flexibility index (Phi) is 5.09. The van der Waals surface area contributed by atoms with Crippen molar-refractivity contribution in [3.8, 4) is 0 Å². The SMILES string of the molecule is CSc1ccc2cc(CN3CCCC[C@H]3c3cccnc3)c(=O)[nH]c2c1. The van der Waals surface area contributed by atoms with Crippen LogP contribution in [0.2, 0.25) is 0 Å². The van der Waals surface area contributed by atoms with E-state index >= 15 is 0 Å². The molecule has 1 N–H and O–H groups in total. The maximum absolute atomic E-state index is 12.6. The van der Waals surface area contributed by atoms with E-state index in [1.807, 2.05) is 36.8 Å². The molecule has 3 heterocycles. The van der Waals surface area contributed by atoms with Gasteiger partial charge in [0.05, 0.1) is 0 Å².